The van der Waals surface area contributed by atoms with E-state index in [0.717, 1.165) is 64.1 Å². The van der Waals surface area contributed by atoms with Crippen molar-refractivity contribution in [2.45, 2.75) is 44.1 Å². The molecular weight excluding hydrogens is 472 g/mol. The van der Waals surface area contributed by atoms with Crippen LogP contribution in [0.4, 0.5) is 11.4 Å². The van der Waals surface area contributed by atoms with Crippen LogP contribution >= 0.6 is 0 Å². The highest BCUT2D eigenvalue weighted by molar-refractivity contribution is 5.76. The van der Waals surface area contributed by atoms with Crippen LogP contribution in [0.3, 0.4) is 0 Å². The van der Waals surface area contributed by atoms with E-state index in [9.17, 15) is 4.79 Å². The highest BCUT2D eigenvalue weighted by Gasteiger charge is 2.25. The predicted molar refractivity (Wildman–Crippen MR) is 156 cm³/mol. The number of carbonyl (C=O) groups excluding carboxylic acids is 1. The monoisotopic (exact) mass is 512 g/mol. The quantitative estimate of drug-likeness (QED) is 0.384. The second kappa shape index (κ2) is 12.4. The van der Waals surface area contributed by atoms with E-state index < -0.39 is 0 Å². The van der Waals surface area contributed by atoms with Crippen molar-refractivity contribution in [1.82, 2.24) is 9.80 Å². The fourth-order valence-corrected chi connectivity index (χ4v) is 5.79. The molecule has 6 nitrogen and oxygen atoms in total. The summed E-state index contributed by atoms with van der Waals surface area (Å²) >= 11 is 0. The van der Waals surface area contributed by atoms with Gasteiger partial charge in [0.25, 0.3) is 0 Å². The second-order valence-corrected chi connectivity index (χ2v) is 10.6. The average Bonchev–Trinajstić information content (AvgIpc) is 2.98. The van der Waals surface area contributed by atoms with Crippen molar-refractivity contribution in [3.63, 3.8) is 0 Å². The van der Waals surface area contributed by atoms with Crippen molar-refractivity contribution < 1.29 is 9.53 Å². The van der Waals surface area contributed by atoms with E-state index in [-0.39, 0.29) is 5.91 Å². The minimum absolute atomic E-state index is 0.288. The van der Waals surface area contributed by atoms with Gasteiger partial charge in [0.05, 0.1) is 12.8 Å². The number of anilines is 2. The van der Waals surface area contributed by atoms with Gasteiger partial charge < -0.3 is 25.6 Å². The fourth-order valence-electron chi connectivity index (χ4n) is 5.79. The molecule has 0 saturated carbocycles. The van der Waals surface area contributed by atoms with Crippen LogP contribution in [0, 0.1) is 0 Å². The lowest BCUT2D eigenvalue weighted by molar-refractivity contribution is -0.132. The van der Waals surface area contributed by atoms with Crippen LogP contribution in [-0.2, 0) is 4.79 Å². The Balaban J connectivity index is 1.02. The summed E-state index contributed by atoms with van der Waals surface area (Å²) in [6, 6.07) is 25.8. The van der Waals surface area contributed by atoms with Crippen molar-refractivity contribution in [2.75, 3.05) is 50.9 Å². The number of hydrogen-bond acceptors (Lipinski definition) is 5. The Bertz CT molecular complexity index is 1180. The average molecular weight is 513 g/mol. The number of rotatable bonds is 8. The van der Waals surface area contributed by atoms with Crippen molar-refractivity contribution in [3.05, 3.63) is 78.4 Å². The summed E-state index contributed by atoms with van der Waals surface area (Å²) in [5, 5.41) is 3.57. The van der Waals surface area contributed by atoms with Gasteiger partial charge in [0.1, 0.15) is 5.75 Å². The van der Waals surface area contributed by atoms with Gasteiger partial charge in [0.15, 0.2) is 0 Å². The molecule has 6 heteroatoms. The standard InChI is InChI=1S/C32H40N4O2/c1-38-31-23-29(11-12-30(31)33)34-28-15-21-36(22-16-28)32(37)17-20-35-18-13-27(14-19-35)26-9-7-25(8-10-26)24-5-3-2-4-6-24/h2-12,23,27-28,34H,13-22,33H2,1H3. The first kappa shape index (κ1) is 26.1. The molecule has 2 heterocycles. The number of amides is 1. The molecule has 0 aromatic heterocycles. The van der Waals surface area contributed by atoms with Crippen LogP contribution in [0.5, 0.6) is 5.75 Å². The Kier molecular flexibility index (Phi) is 8.49. The molecule has 5 rings (SSSR count). The number of likely N-dealkylation sites (tertiary alicyclic amines) is 2. The predicted octanol–water partition coefficient (Wildman–Crippen LogP) is 5.62. The molecule has 0 atom stereocenters. The molecule has 2 fully saturated rings. The number of methoxy groups -OCH3 is 1. The number of benzene rings is 3. The summed E-state index contributed by atoms with van der Waals surface area (Å²) in [5.41, 5.74) is 11.6. The summed E-state index contributed by atoms with van der Waals surface area (Å²) in [7, 11) is 1.63. The van der Waals surface area contributed by atoms with Gasteiger partial charge in [-0.2, -0.15) is 0 Å². The summed E-state index contributed by atoms with van der Waals surface area (Å²) < 4.78 is 5.33. The SMILES string of the molecule is COc1cc(NC2CCN(C(=O)CCN3CCC(c4ccc(-c5ccccc5)cc4)CC3)CC2)ccc1N. The van der Waals surface area contributed by atoms with Gasteiger partial charge in [-0.1, -0.05) is 54.6 Å². The Morgan fingerprint density at radius 2 is 1.58 bits per heavy atom. The van der Waals surface area contributed by atoms with E-state index >= 15 is 0 Å². The first-order chi connectivity index (χ1) is 18.6. The van der Waals surface area contributed by atoms with Gasteiger partial charge >= 0.3 is 0 Å². The fraction of sp³-hybridized carbons (Fsp3) is 0.406. The normalized spacial score (nSPS) is 17.3. The second-order valence-electron chi connectivity index (χ2n) is 10.6. The van der Waals surface area contributed by atoms with E-state index in [2.05, 4.69) is 64.8 Å². The molecule has 3 aromatic rings. The van der Waals surface area contributed by atoms with E-state index in [4.69, 9.17) is 10.5 Å². The smallest absolute Gasteiger partial charge is 0.223 e. The molecule has 0 bridgehead atoms. The number of nitrogen functional groups attached to an aromatic ring is 1. The zero-order chi connectivity index (χ0) is 26.3. The molecule has 2 saturated heterocycles. The first-order valence-electron chi connectivity index (χ1n) is 13.9. The Morgan fingerprint density at radius 3 is 2.26 bits per heavy atom. The van der Waals surface area contributed by atoms with Crippen molar-refractivity contribution in [1.29, 1.82) is 0 Å². The summed E-state index contributed by atoms with van der Waals surface area (Å²) in [5.74, 6) is 1.59. The van der Waals surface area contributed by atoms with Gasteiger partial charge in [-0.3, -0.25) is 4.79 Å². The van der Waals surface area contributed by atoms with Crippen molar-refractivity contribution >= 4 is 17.3 Å². The minimum Gasteiger partial charge on any atom is -0.495 e. The van der Waals surface area contributed by atoms with Crippen LogP contribution in [0.25, 0.3) is 11.1 Å². The highest BCUT2D eigenvalue weighted by atomic mass is 16.5. The summed E-state index contributed by atoms with van der Waals surface area (Å²) in [6.45, 7) is 4.61. The largest absolute Gasteiger partial charge is 0.495 e. The van der Waals surface area contributed by atoms with Crippen LogP contribution in [0.15, 0.2) is 72.8 Å². The molecule has 3 aromatic carbocycles. The van der Waals surface area contributed by atoms with Gasteiger partial charge in [0.2, 0.25) is 5.91 Å². The molecular formula is C32H40N4O2. The Labute approximate surface area is 226 Å². The third kappa shape index (κ3) is 6.48. The number of carbonyl (C=O) groups is 1. The maximum absolute atomic E-state index is 12.9. The Hall–Kier alpha value is -3.51. The molecule has 200 valence electrons. The molecule has 1 amide bonds. The van der Waals surface area contributed by atoms with Crippen LogP contribution in [0.2, 0.25) is 0 Å². The van der Waals surface area contributed by atoms with E-state index in [1.807, 2.05) is 23.1 Å². The maximum Gasteiger partial charge on any atom is 0.223 e. The third-order valence-electron chi connectivity index (χ3n) is 8.17. The van der Waals surface area contributed by atoms with Gasteiger partial charge in [-0.05, 0) is 73.5 Å². The number of nitrogens with two attached hydrogens (primary N) is 1. The molecule has 2 aliphatic heterocycles. The van der Waals surface area contributed by atoms with Crippen LogP contribution in [0.1, 0.15) is 43.6 Å². The summed E-state index contributed by atoms with van der Waals surface area (Å²) in [4.78, 5) is 17.4. The van der Waals surface area contributed by atoms with Gasteiger partial charge in [-0.15, -0.1) is 0 Å². The number of ether oxygens (including phenoxy) is 1. The molecule has 0 radical (unpaired) electrons. The zero-order valence-corrected chi connectivity index (χ0v) is 22.4. The molecule has 3 N–H and O–H groups in total. The maximum atomic E-state index is 12.9. The van der Waals surface area contributed by atoms with Gasteiger partial charge in [0, 0.05) is 43.9 Å². The molecule has 2 aliphatic rings. The summed E-state index contributed by atoms with van der Waals surface area (Å²) in [6.07, 6.45) is 4.83. The van der Waals surface area contributed by atoms with Crippen LogP contribution in [-0.4, -0.2) is 61.6 Å². The Morgan fingerprint density at radius 1 is 0.895 bits per heavy atom. The minimum atomic E-state index is 0.288. The topological polar surface area (TPSA) is 70.8 Å². The molecule has 0 unspecified atom stereocenters. The number of nitrogens with zero attached hydrogens (tertiary/aromatic N) is 2. The lowest BCUT2D eigenvalue weighted by atomic mass is 9.88. The first-order valence-corrected chi connectivity index (χ1v) is 13.9. The van der Waals surface area contributed by atoms with E-state index in [1.165, 1.54) is 16.7 Å². The number of nitrogens with one attached hydrogen (secondary N) is 1. The van der Waals surface area contributed by atoms with Gasteiger partial charge in [-0.25, -0.2) is 0 Å². The molecule has 38 heavy (non-hydrogen) atoms. The third-order valence-corrected chi connectivity index (χ3v) is 8.17. The molecule has 0 aliphatic carbocycles. The van der Waals surface area contributed by atoms with Crippen molar-refractivity contribution in [3.8, 4) is 16.9 Å². The highest BCUT2D eigenvalue weighted by Crippen LogP contribution is 2.30. The lowest BCUT2D eigenvalue weighted by Gasteiger charge is -2.35. The van der Waals surface area contributed by atoms with Crippen LogP contribution < -0.4 is 15.8 Å². The van der Waals surface area contributed by atoms with E-state index in [1.54, 1.807) is 7.11 Å². The van der Waals surface area contributed by atoms with Crippen molar-refractivity contribution in [2.24, 2.45) is 0 Å². The number of hydrogen-bond donors (Lipinski definition) is 2. The number of piperidine rings is 2. The van der Waals surface area contributed by atoms with E-state index in [0.29, 0.717) is 29.8 Å². The zero-order valence-electron chi connectivity index (χ0n) is 22.4. The molecule has 0 spiro atoms. The lowest BCUT2D eigenvalue weighted by Crippen LogP contribution is -2.43.